The molecular weight excluding hydrogens is 260 g/mol. The molecule has 116 valence electrons. The van der Waals surface area contributed by atoms with Crippen molar-refractivity contribution >= 4 is 11.9 Å². The van der Waals surface area contributed by atoms with Gasteiger partial charge >= 0.3 is 11.9 Å². The molecule has 0 aromatic heterocycles. The molecule has 0 aromatic rings. The summed E-state index contributed by atoms with van der Waals surface area (Å²) in [6, 6.07) is 0. The number of carboxylic acids is 1. The number of unbranched alkanes of at least 4 members (excludes halogenated alkanes) is 3. The van der Waals surface area contributed by atoms with Crippen molar-refractivity contribution in [2.75, 3.05) is 6.61 Å². The van der Waals surface area contributed by atoms with Gasteiger partial charge in [0, 0.05) is 0 Å². The third-order valence-electron chi connectivity index (χ3n) is 3.01. The Hall–Kier alpha value is -1.36. The molecule has 0 aliphatic rings. The van der Waals surface area contributed by atoms with Gasteiger partial charge in [0.15, 0.2) is 0 Å². The first-order chi connectivity index (χ1) is 9.51. The SMILES string of the molecule is C/C=C/CCCCCC(CC(=O)OC(C)CO)C(=O)O. The number of esters is 1. The van der Waals surface area contributed by atoms with Gasteiger partial charge in [-0.05, 0) is 33.1 Å². The third-order valence-corrected chi connectivity index (χ3v) is 3.01. The van der Waals surface area contributed by atoms with Crippen molar-refractivity contribution in [2.45, 2.75) is 58.5 Å². The van der Waals surface area contributed by atoms with Crippen LogP contribution in [-0.4, -0.2) is 34.9 Å². The van der Waals surface area contributed by atoms with Gasteiger partial charge in [0.1, 0.15) is 6.10 Å². The van der Waals surface area contributed by atoms with Gasteiger partial charge in [0.05, 0.1) is 18.9 Å². The van der Waals surface area contributed by atoms with E-state index in [1.54, 1.807) is 6.92 Å². The molecule has 5 heteroatoms. The molecule has 2 unspecified atom stereocenters. The fraction of sp³-hybridized carbons (Fsp3) is 0.733. The molecule has 0 bridgehead atoms. The fourth-order valence-electron chi connectivity index (χ4n) is 1.82. The number of hydrogen-bond acceptors (Lipinski definition) is 4. The number of aliphatic hydroxyl groups excluding tert-OH is 1. The zero-order valence-electron chi connectivity index (χ0n) is 12.4. The highest BCUT2D eigenvalue weighted by atomic mass is 16.5. The van der Waals surface area contributed by atoms with Crippen LogP contribution in [0, 0.1) is 5.92 Å². The van der Waals surface area contributed by atoms with Crippen LogP contribution in [0.4, 0.5) is 0 Å². The summed E-state index contributed by atoms with van der Waals surface area (Å²) in [5.74, 6) is -2.23. The fourth-order valence-corrected chi connectivity index (χ4v) is 1.82. The molecular formula is C15H26O5. The van der Waals surface area contributed by atoms with Crippen molar-refractivity contribution < 1.29 is 24.5 Å². The van der Waals surface area contributed by atoms with Gasteiger partial charge in [-0.25, -0.2) is 0 Å². The summed E-state index contributed by atoms with van der Waals surface area (Å²) in [4.78, 5) is 22.6. The molecule has 0 spiro atoms. The smallest absolute Gasteiger partial charge is 0.307 e. The van der Waals surface area contributed by atoms with Crippen molar-refractivity contribution in [3.63, 3.8) is 0 Å². The Morgan fingerprint density at radius 2 is 1.95 bits per heavy atom. The predicted octanol–water partition coefficient (Wildman–Crippen LogP) is 2.53. The van der Waals surface area contributed by atoms with Crippen molar-refractivity contribution in [3.8, 4) is 0 Å². The van der Waals surface area contributed by atoms with Gasteiger partial charge in [0.25, 0.3) is 0 Å². The van der Waals surface area contributed by atoms with Crippen LogP contribution in [0.15, 0.2) is 12.2 Å². The number of ether oxygens (including phenoxy) is 1. The van der Waals surface area contributed by atoms with E-state index in [1.807, 2.05) is 13.0 Å². The van der Waals surface area contributed by atoms with E-state index in [0.717, 1.165) is 25.7 Å². The van der Waals surface area contributed by atoms with E-state index in [9.17, 15) is 9.59 Å². The van der Waals surface area contributed by atoms with Gasteiger partial charge < -0.3 is 14.9 Å². The van der Waals surface area contributed by atoms with E-state index in [1.165, 1.54) is 0 Å². The van der Waals surface area contributed by atoms with Gasteiger partial charge in [-0.3, -0.25) is 9.59 Å². The third kappa shape index (κ3) is 9.55. The second kappa shape index (κ2) is 11.5. The maximum atomic E-state index is 11.5. The van der Waals surface area contributed by atoms with Crippen molar-refractivity contribution in [1.82, 2.24) is 0 Å². The van der Waals surface area contributed by atoms with Crippen LogP contribution < -0.4 is 0 Å². The van der Waals surface area contributed by atoms with Crippen LogP contribution in [0.3, 0.4) is 0 Å². The van der Waals surface area contributed by atoms with Gasteiger partial charge in [-0.2, -0.15) is 0 Å². The molecule has 0 saturated carbocycles. The quantitative estimate of drug-likeness (QED) is 0.346. The lowest BCUT2D eigenvalue weighted by Crippen LogP contribution is -2.23. The minimum Gasteiger partial charge on any atom is -0.481 e. The highest BCUT2D eigenvalue weighted by molar-refractivity contribution is 5.78. The van der Waals surface area contributed by atoms with Crippen LogP contribution in [0.5, 0.6) is 0 Å². The molecule has 0 aliphatic carbocycles. The first-order valence-corrected chi connectivity index (χ1v) is 7.15. The van der Waals surface area contributed by atoms with E-state index in [4.69, 9.17) is 14.9 Å². The molecule has 0 radical (unpaired) electrons. The number of carbonyl (C=O) groups is 2. The molecule has 0 rings (SSSR count). The topological polar surface area (TPSA) is 83.8 Å². The predicted molar refractivity (Wildman–Crippen MR) is 76.3 cm³/mol. The lowest BCUT2D eigenvalue weighted by atomic mass is 9.97. The zero-order valence-corrected chi connectivity index (χ0v) is 12.4. The summed E-state index contributed by atoms with van der Waals surface area (Å²) in [5, 5.41) is 17.9. The number of allylic oxidation sites excluding steroid dienone is 2. The van der Waals surface area contributed by atoms with Crippen LogP contribution in [0.2, 0.25) is 0 Å². The Morgan fingerprint density at radius 1 is 1.25 bits per heavy atom. The van der Waals surface area contributed by atoms with Crippen molar-refractivity contribution in [2.24, 2.45) is 5.92 Å². The highest BCUT2D eigenvalue weighted by Crippen LogP contribution is 2.16. The molecule has 0 fully saturated rings. The molecule has 0 heterocycles. The van der Waals surface area contributed by atoms with E-state index in [2.05, 4.69) is 6.08 Å². The summed E-state index contributed by atoms with van der Waals surface area (Å²) in [5.41, 5.74) is 0. The van der Waals surface area contributed by atoms with Gasteiger partial charge in [-0.1, -0.05) is 25.0 Å². The number of carbonyl (C=O) groups excluding carboxylic acids is 1. The minimum absolute atomic E-state index is 0.130. The van der Waals surface area contributed by atoms with Crippen LogP contribution in [0.25, 0.3) is 0 Å². The second-order valence-corrected chi connectivity index (χ2v) is 4.93. The Labute approximate surface area is 120 Å². The summed E-state index contributed by atoms with van der Waals surface area (Å²) in [6.07, 6.45) is 7.63. The van der Waals surface area contributed by atoms with Gasteiger partial charge in [-0.15, -0.1) is 0 Å². The van der Waals surface area contributed by atoms with E-state index < -0.39 is 24.0 Å². The normalized spacial score (nSPS) is 14.2. The summed E-state index contributed by atoms with van der Waals surface area (Å²) < 4.78 is 4.88. The average Bonchev–Trinajstić information content (AvgIpc) is 2.40. The molecule has 20 heavy (non-hydrogen) atoms. The number of hydrogen-bond donors (Lipinski definition) is 2. The minimum atomic E-state index is -0.966. The lowest BCUT2D eigenvalue weighted by molar-refractivity contribution is -0.156. The highest BCUT2D eigenvalue weighted by Gasteiger charge is 2.22. The maximum Gasteiger partial charge on any atom is 0.307 e. The van der Waals surface area contributed by atoms with Crippen molar-refractivity contribution in [3.05, 3.63) is 12.2 Å². The largest absolute Gasteiger partial charge is 0.481 e. The first kappa shape index (κ1) is 18.6. The van der Waals surface area contributed by atoms with Crippen LogP contribution in [0.1, 0.15) is 52.4 Å². The number of rotatable bonds is 11. The standard InChI is InChI=1S/C15H26O5/c1-3-4-5-6-7-8-9-13(15(18)19)10-14(17)20-12(2)11-16/h3-4,12-13,16H,5-11H2,1-2H3,(H,18,19)/b4-3+. The molecule has 0 aliphatic heterocycles. The Balaban J connectivity index is 3.98. The lowest BCUT2D eigenvalue weighted by Gasteiger charge is -2.14. The average molecular weight is 286 g/mol. The van der Waals surface area contributed by atoms with Gasteiger partial charge in [0.2, 0.25) is 0 Å². The second-order valence-electron chi connectivity index (χ2n) is 4.93. The molecule has 0 aromatic carbocycles. The summed E-state index contributed by atoms with van der Waals surface area (Å²) >= 11 is 0. The first-order valence-electron chi connectivity index (χ1n) is 7.15. The summed E-state index contributed by atoms with van der Waals surface area (Å²) in [6.45, 7) is 3.28. The van der Waals surface area contributed by atoms with E-state index in [0.29, 0.717) is 6.42 Å². The van der Waals surface area contributed by atoms with Crippen LogP contribution >= 0.6 is 0 Å². The molecule has 0 amide bonds. The van der Waals surface area contributed by atoms with Crippen LogP contribution in [-0.2, 0) is 14.3 Å². The molecule has 2 N–H and O–H groups in total. The monoisotopic (exact) mass is 286 g/mol. The Bertz CT molecular complexity index is 311. The van der Waals surface area contributed by atoms with E-state index in [-0.39, 0.29) is 13.0 Å². The zero-order chi connectivity index (χ0) is 15.4. The molecule has 0 saturated heterocycles. The Kier molecular flexibility index (Phi) is 10.7. The Morgan fingerprint density at radius 3 is 2.50 bits per heavy atom. The summed E-state index contributed by atoms with van der Waals surface area (Å²) in [7, 11) is 0. The molecule has 2 atom stereocenters. The number of aliphatic carboxylic acids is 1. The maximum absolute atomic E-state index is 11.5. The van der Waals surface area contributed by atoms with E-state index >= 15 is 0 Å². The number of aliphatic hydroxyl groups is 1. The molecule has 5 nitrogen and oxygen atoms in total. The van der Waals surface area contributed by atoms with Crippen molar-refractivity contribution in [1.29, 1.82) is 0 Å². The number of carboxylic acid groups (broad SMARTS) is 1.